The van der Waals surface area contributed by atoms with Gasteiger partial charge in [0.2, 0.25) is 0 Å². The molecule has 1 aromatic carbocycles. The van der Waals surface area contributed by atoms with Crippen LogP contribution in [-0.2, 0) is 19.5 Å². The zero-order valence-electron chi connectivity index (χ0n) is 18.6. The van der Waals surface area contributed by atoms with Crippen molar-refractivity contribution in [3.05, 3.63) is 65.6 Å². The molecule has 32 heavy (non-hydrogen) atoms. The first kappa shape index (κ1) is 23.8. The van der Waals surface area contributed by atoms with Crippen LogP contribution in [0.4, 0.5) is 0 Å². The molecule has 1 N–H and O–H groups in total. The normalized spacial score (nSPS) is 13.2. The maximum atomic E-state index is 5.49. The Labute approximate surface area is 205 Å². The van der Waals surface area contributed by atoms with Crippen LogP contribution in [0.1, 0.15) is 23.6 Å². The van der Waals surface area contributed by atoms with Crippen LogP contribution in [0.2, 0.25) is 0 Å². The zero-order chi connectivity index (χ0) is 21.6. The highest BCUT2D eigenvalue weighted by Gasteiger charge is 2.21. The van der Waals surface area contributed by atoms with E-state index < -0.39 is 0 Å². The summed E-state index contributed by atoms with van der Waals surface area (Å²) < 4.78 is 12.7. The molecule has 3 aromatic rings. The van der Waals surface area contributed by atoms with Crippen LogP contribution in [0.5, 0.6) is 11.5 Å². The molecule has 0 saturated heterocycles. The Bertz CT molecular complexity index is 1050. The smallest absolute Gasteiger partial charge is 0.194 e. The van der Waals surface area contributed by atoms with E-state index in [4.69, 9.17) is 14.5 Å². The molecular weight excluding hydrogens is 519 g/mol. The van der Waals surface area contributed by atoms with Gasteiger partial charge in [-0.3, -0.25) is 0 Å². The number of ether oxygens (including phenoxy) is 2. The van der Waals surface area contributed by atoms with Gasteiger partial charge in [-0.15, -0.1) is 24.0 Å². The maximum Gasteiger partial charge on any atom is 0.194 e. The van der Waals surface area contributed by atoms with Crippen molar-refractivity contribution < 1.29 is 9.47 Å². The maximum absolute atomic E-state index is 5.49. The van der Waals surface area contributed by atoms with Gasteiger partial charge in [0, 0.05) is 38.2 Å². The molecule has 0 amide bonds. The molecule has 2 aromatic heterocycles. The summed E-state index contributed by atoms with van der Waals surface area (Å²) in [7, 11) is 3.34. The van der Waals surface area contributed by atoms with Gasteiger partial charge >= 0.3 is 0 Å². The molecule has 1 aliphatic rings. The van der Waals surface area contributed by atoms with Gasteiger partial charge in [0.1, 0.15) is 0 Å². The second-order valence-electron chi connectivity index (χ2n) is 7.29. The van der Waals surface area contributed by atoms with E-state index in [9.17, 15) is 0 Å². The van der Waals surface area contributed by atoms with Gasteiger partial charge in [-0.1, -0.05) is 0 Å². The summed E-state index contributed by atoms with van der Waals surface area (Å²) in [6, 6.07) is 10.0. The van der Waals surface area contributed by atoms with Crippen molar-refractivity contribution in [1.29, 1.82) is 0 Å². The molecule has 8 nitrogen and oxygen atoms in total. The number of nitrogens with one attached hydrogen (secondary N) is 1. The van der Waals surface area contributed by atoms with E-state index in [1.807, 2.05) is 24.4 Å². The van der Waals surface area contributed by atoms with Crippen molar-refractivity contribution in [2.75, 3.05) is 27.3 Å². The number of pyridine rings is 1. The summed E-state index contributed by atoms with van der Waals surface area (Å²) in [5.41, 5.74) is 3.61. The van der Waals surface area contributed by atoms with Crippen LogP contribution in [0.3, 0.4) is 0 Å². The second-order valence-corrected chi connectivity index (χ2v) is 7.29. The van der Waals surface area contributed by atoms with Crippen LogP contribution in [0, 0.1) is 0 Å². The minimum atomic E-state index is 0. The SMILES string of the molecule is CCNC(=NCc1ccnc(-n2cccn2)c1)N1CCc2cc(OC)c(OC)cc2C1.I. The number of hydrogen-bond donors (Lipinski definition) is 1. The molecule has 3 heterocycles. The highest BCUT2D eigenvalue weighted by atomic mass is 127. The van der Waals surface area contributed by atoms with E-state index in [0.717, 1.165) is 54.9 Å². The van der Waals surface area contributed by atoms with Crippen molar-refractivity contribution in [2.45, 2.75) is 26.4 Å². The number of halogens is 1. The summed E-state index contributed by atoms with van der Waals surface area (Å²) in [5, 5.41) is 7.69. The first-order chi connectivity index (χ1) is 15.2. The summed E-state index contributed by atoms with van der Waals surface area (Å²) >= 11 is 0. The van der Waals surface area contributed by atoms with Crippen molar-refractivity contribution in [3.63, 3.8) is 0 Å². The topological polar surface area (TPSA) is 76.8 Å². The number of nitrogens with zero attached hydrogens (tertiary/aromatic N) is 5. The Morgan fingerprint density at radius 1 is 1.12 bits per heavy atom. The summed E-state index contributed by atoms with van der Waals surface area (Å²) in [6.07, 6.45) is 6.35. The molecule has 0 bridgehead atoms. The van der Waals surface area contributed by atoms with Gasteiger partial charge in [0.05, 0.1) is 20.8 Å². The Morgan fingerprint density at radius 3 is 2.59 bits per heavy atom. The number of guanidine groups is 1. The average molecular weight is 548 g/mol. The highest BCUT2D eigenvalue weighted by Crippen LogP contribution is 2.33. The quantitative estimate of drug-likeness (QED) is 0.289. The predicted molar refractivity (Wildman–Crippen MR) is 135 cm³/mol. The number of methoxy groups -OCH3 is 2. The third kappa shape index (κ3) is 5.32. The Kier molecular flexibility index (Phi) is 8.32. The number of hydrogen-bond acceptors (Lipinski definition) is 5. The number of benzene rings is 1. The third-order valence-corrected chi connectivity index (χ3v) is 5.31. The Morgan fingerprint density at radius 2 is 1.91 bits per heavy atom. The van der Waals surface area contributed by atoms with Gasteiger partial charge in [0.15, 0.2) is 23.3 Å². The Balaban J connectivity index is 0.00000289. The molecular formula is C23H29IN6O2. The van der Waals surface area contributed by atoms with Gasteiger partial charge in [-0.25, -0.2) is 14.7 Å². The van der Waals surface area contributed by atoms with E-state index in [-0.39, 0.29) is 24.0 Å². The van der Waals surface area contributed by atoms with Crippen molar-refractivity contribution >= 4 is 29.9 Å². The van der Waals surface area contributed by atoms with Crippen LogP contribution in [-0.4, -0.2) is 52.9 Å². The lowest BCUT2D eigenvalue weighted by molar-refractivity contribution is 0.346. The summed E-state index contributed by atoms with van der Waals surface area (Å²) in [4.78, 5) is 11.6. The van der Waals surface area contributed by atoms with Crippen LogP contribution < -0.4 is 14.8 Å². The van der Waals surface area contributed by atoms with Gasteiger partial charge in [-0.05, 0) is 60.4 Å². The van der Waals surface area contributed by atoms with Crippen LogP contribution in [0.15, 0.2) is 53.9 Å². The molecule has 0 atom stereocenters. The second kappa shape index (κ2) is 11.2. The molecule has 0 spiro atoms. The lowest BCUT2D eigenvalue weighted by Crippen LogP contribution is -2.44. The number of fused-ring (bicyclic) bond motifs is 1. The van der Waals surface area contributed by atoms with Crippen LogP contribution in [0.25, 0.3) is 5.82 Å². The zero-order valence-corrected chi connectivity index (χ0v) is 20.9. The fraction of sp³-hybridized carbons (Fsp3) is 0.348. The van der Waals surface area contributed by atoms with Gasteiger partial charge in [0.25, 0.3) is 0 Å². The highest BCUT2D eigenvalue weighted by molar-refractivity contribution is 14.0. The lowest BCUT2D eigenvalue weighted by atomic mass is 9.99. The van der Waals surface area contributed by atoms with Crippen LogP contribution >= 0.6 is 24.0 Å². The molecule has 1 aliphatic heterocycles. The average Bonchev–Trinajstić information content (AvgIpc) is 3.36. The first-order valence-electron chi connectivity index (χ1n) is 10.4. The van der Waals surface area contributed by atoms with Gasteiger partial charge < -0.3 is 19.7 Å². The van der Waals surface area contributed by atoms with E-state index in [1.165, 1.54) is 11.1 Å². The number of aromatic nitrogens is 3. The van der Waals surface area contributed by atoms with Crippen molar-refractivity contribution in [3.8, 4) is 17.3 Å². The Hall–Kier alpha value is -2.82. The van der Waals surface area contributed by atoms with E-state index in [2.05, 4.69) is 39.4 Å². The largest absolute Gasteiger partial charge is 0.493 e. The lowest BCUT2D eigenvalue weighted by Gasteiger charge is -2.32. The molecule has 0 saturated carbocycles. The van der Waals surface area contributed by atoms with E-state index in [1.54, 1.807) is 31.3 Å². The predicted octanol–water partition coefficient (Wildman–Crippen LogP) is 3.43. The molecule has 9 heteroatoms. The molecule has 4 rings (SSSR count). The van der Waals surface area contributed by atoms with Crippen molar-refractivity contribution in [1.82, 2.24) is 25.0 Å². The number of aliphatic imine (C=N–C) groups is 1. The summed E-state index contributed by atoms with van der Waals surface area (Å²) in [5.74, 6) is 3.23. The monoisotopic (exact) mass is 548 g/mol. The summed E-state index contributed by atoms with van der Waals surface area (Å²) in [6.45, 7) is 5.13. The molecule has 0 radical (unpaired) electrons. The van der Waals surface area contributed by atoms with E-state index >= 15 is 0 Å². The first-order valence-corrected chi connectivity index (χ1v) is 10.4. The molecule has 0 aliphatic carbocycles. The molecule has 0 fully saturated rings. The van der Waals surface area contributed by atoms with E-state index in [0.29, 0.717) is 6.54 Å². The molecule has 0 unspecified atom stereocenters. The fourth-order valence-electron chi connectivity index (χ4n) is 3.74. The minimum Gasteiger partial charge on any atom is -0.493 e. The fourth-order valence-corrected chi connectivity index (χ4v) is 3.74. The third-order valence-electron chi connectivity index (χ3n) is 5.31. The van der Waals surface area contributed by atoms with Gasteiger partial charge in [-0.2, -0.15) is 5.10 Å². The minimum absolute atomic E-state index is 0. The van der Waals surface area contributed by atoms with Crippen molar-refractivity contribution in [2.24, 2.45) is 4.99 Å². The molecule has 170 valence electrons. The standard InChI is InChI=1S/C23H28N6O2.HI/c1-4-24-23(26-15-17-6-9-25-22(12-17)29-10-5-8-27-29)28-11-7-18-13-20(30-2)21(31-3)14-19(18)16-28;/h5-6,8-10,12-14H,4,7,11,15-16H2,1-3H3,(H,24,26);1H. The number of rotatable bonds is 6.